The Hall–Kier alpha value is -0.610. The maximum atomic E-state index is 10.3. The van der Waals surface area contributed by atoms with Gasteiger partial charge in [0, 0.05) is 13.0 Å². The number of carboxylic acids is 1. The number of hydrogen-bond acceptors (Lipinski definition) is 3. The summed E-state index contributed by atoms with van der Waals surface area (Å²) in [5.74, 6) is -0.653. The molecule has 0 rings (SSSR count). The van der Waals surface area contributed by atoms with E-state index in [0.717, 1.165) is 25.7 Å². The summed E-state index contributed by atoms with van der Waals surface area (Å²) < 4.78 is 0. The Bertz CT molecular complexity index is 485. The molecule has 254 valence electrons. The Morgan fingerprint density at radius 2 is 0.690 bits per heavy atom. The van der Waals surface area contributed by atoms with Gasteiger partial charge in [-0.2, -0.15) is 0 Å². The van der Waals surface area contributed by atoms with Gasteiger partial charge in [0.2, 0.25) is 0 Å². The van der Waals surface area contributed by atoms with Crippen LogP contribution >= 0.6 is 0 Å². The van der Waals surface area contributed by atoms with Crippen LogP contribution in [0.4, 0.5) is 0 Å². The topological polar surface area (TPSA) is 83.5 Å². The lowest BCUT2D eigenvalue weighted by atomic mass is 10.0. The van der Waals surface area contributed by atoms with E-state index in [0.29, 0.717) is 13.0 Å². The number of aliphatic hydroxyl groups is 1. The van der Waals surface area contributed by atoms with Crippen LogP contribution in [0.5, 0.6) is 0 Å². The minimum absolute atomic E-state index is 0.272. The molecule has 0 aliphatic heterocycles. The van der Waals surface area contributed by atoms with Crippen molar-refractivity contribution in [3.63, 3.8) is 0 Å². The lowest BCUT2D eigenvalue weighted by Crippen LogP contribution is -2.19. The van der Waals surface area contributed by atoms with Gasteiger partial charge < -0.3 is 15.9 Å². The molecular weight excluding hydrogens is 518 g/mol. The summed E-state index contributed by atoms with van der Waals surface area (Å²) in [6.07, 6.45) is 43.1. The van der Waals surface area contributed by atoms with Crippen molar-refractivity contribution in [2.45, 2.75) is 232 Å². The van der Waals surface area contributed by atoms with Crippen LogP contribution in [0.3, 0.4) is 0 Å². The molecule has 0 aromatic rings. The summed E-state index contributed by atoms with van der Waals surface area (Å²) in [6.45, 7) is 4.97. The van der Waals surface area contributed by atoms with E-state index in [4.69, 9.17) is 10.8 Å². The number of rotatable bonds is 34. The van der Waals surface area contributed by atoms with Crippen LogP contribution in [0.1, 0.15) is 226 Å². The molecule has 0 saturated carbocycles. The number of aliphatic carboxylic acids is 1. The van der Waals surface area contributed by atoms with E-state index in [1.807, 2.05) is 0 Å². The fourth-order valence-corrected chi connectivity index (χ4v) is 5.69. The molecule has 0 aromatic heterocycles. The maximum Gasteiger partial charge on any atom is 0.303 e. The minimum atomic E-state index is -0.653. The third-order valence-corrected chi connectivity index (χ3v) is 8.66. The monoisotopic (exact) mass is 598 g/mol. The molecule has 0 saturated heterocycles. The van der Waals surface area contributed by atoms with Gasteiger partial charge in [0.1, 0.15) is 0 Å². The van der Waals surface area contributed by atoms with Crippen molar-refractivity contribution < 1.29 is 15.0 Å². The van der Waals surface area contributed by atoms with Gasteiger partial charge in [-0.05, 0) is 12.8 Å². The summed E-state index contributed by atoms with van der Waals surface area (Å²) in [4.78, 5) is 10.3. The molecule has 4 nitrogen and oxygen atoms in total. The number of hydrogen-bond donors (Lipinski definition) is 3. The standard InChI is InChI=1S/C20H43NO.C18H36O2/c1-2-3-4-5-6-7-8-9-10-11-12-13-14-15-16-17-18-20(22)19-21;1-2-3-4-5-6-7-8-9-10-11-12-13-14-15-16-17-18(19)20/h20,22H,2-19,21H2,1H3;2-17H2,1H3,(H,19,20). The highest BCUT2D eigenvalue weighted by Gasteiger charge is 2.00. The zero-order valence-corrected chi connectivity index (χ0v) is 29.0. The van der Waals surface area contributed by atoms with Crippen molar-refractivity contribution in [1.29, 1.82) is 0 Å². The van der Waals surface area contributed by atoms with E-state index in [9.17, 15) is 9.90 Å². The highest BCUT2D eigenvalue weighted by Crippen LogP contribution is 2.15. The molecule has 4 N–H and O–H groups in total. The number of carbonyl (C=O) groups is 1. The van der Waals surface area contributed by atoms with Crippen LogP contribution < -0.4 is 5.73 Å². The molecule has 1 unspecified atom stereocenters. The van der Waals surface area contributed by atoms with Gasteiger partial charge in [-0.15, -0.1) is 0 Å². The van der Waals surface area contributed by atoms with Gasteiger partial charge in [-0.1, -0.05) is 206 Å². The molecule has 42 heavy (non-hydrogen) atoms. The lowest BCUT2D eigenvalue weighted by molar-refractivity contribution is -0.137. The van der Waals surface area contributed by atoms with E-state index in [2.05, 4.69) is 13.8 Å². The van der Waals surface area contributed by atoms with Gasteiger partial charge in [0.05, 0.1) is 6.10 Å². The molecule has 0 aliphatic rings. The Morgan fingerprint density at radius 3 is 0.929 bits per heavy atom. The summed E-state index contributed by atoms with van der Waals surface area (Å²) in [6, 6.07) is 0. The highest BCUT2D eigenvalue weighted by molar-refractivity contribution is 5.66. The van der Waals surface area contributed by atoms with E-state index < -0.39 is 5.97 Å². The molecule has 0 aromatic carbocycles. The lowest BCUT2D eigenvalue weighted by Gasteiger charge is -2.06. The van der Waals surface area contributed by atoms with Crippen molar-refractivity contribution >= 4 is 5.97 Å². The zero-order chi connectivity index (χ0) is 31.2. The molecule has 0 aliphatic carbocycles. The molecule has 0 bridgehead atoms. The van der Waals surface area contributed by atoms with Crippen molar-refractivity contribution in [3.05, 3.63) is 0 Å². The summed E-state index contributed by atoms with van der Waals surface area (Å²) in [5.41, 5.74) is 5.39. The van der Waals surface area contributed by atoms with Gasteiger partial charge in [-0.3, -0.25) is 4.79 Å². The van der Waals surface area contributed by atoms with Gasteiger partial charge >= 0.3 is 5.97 Å². The smallest absolute Gasteiger partial charge is 0.303 e. The van der Waals surface area contributed by atoms with Crippen LogP contribution in [0.2, 0.25) is 0 Å². The molecule has 0 radical (unpaired) electrons. The van der Waals surface area contributed by atoms with Crippen molar-refractivity contribution in [1.82, 2.24) is 0 Å². The van der Waals surface area contributed by atoms with Gasteiger partial charge in [0.25, 0.3) is 0 Å². The van der Waals surface area contributed by atoms with Crippen LogP contribution in [0.25, 0.3) is 0 Å². The number of unbranched alkanes of at least 4 members (excludes halogenated alkanes) is 29. The molecule has 1 atom stereocenters. The maximum absolute atomic E-state index is 10.3. The molecule has 0 spiro atoms. The average Bonchev–Trinajstić information content (AvgIpc) is 2.99. The minimum Gasteiger partial charge on any atom is -0.481 e. The molecule has 0 amide bonds. The second kappa shape index (κ2) is 40.4. The Morgan fingerprint density at radius 1 is 0.452 bits per heavy atom. The highest BCUT2D eigenvalue weighted by atomic mass is 16.4. The number of carboxylic acid groups (broad SMARTS) is 1. The first-order valence-corrected chi connectivity index (χ1v) is 19.2. The normalized spacial score (nSPS) is 11.8. The first-order valence-electron chi connectivity index (χ1n) is 19.2. The van der Waals surface area contributed by atoms with Crippen molar-refractivity contribution in [3.8, 4) is 0 Å². The molecule has 0 fully saturated rings. The Labute approximate surface area is 264 Å². The predicted molar refractivity (Wildman–Crippen MR) is 186 cm³/mol. The van der Waals surface area contributed by atoms with E-state index in [-0.39, 0.29) is 6.10 Å². The number of nitrogens with two attached hydrogens (primary N) is 1. The quantitative estimate of drug-likeness (QED) is 0.0644. The van der Waals surface area contributed by atoms with Crippen LogP contribution in [-0.2, 0) is 4.79 Å². The van der Waals surface area contributed by atoms with Gasteiger partial charge in [0.15, 0.2) is 0 Å². The van der Waals surface area contributed by atoms with Crippen LogP contribution in [-0.4, -0.2) is 28.8 Å². The first kappa shape index (κ1) is 43.5. The number of aliphatic hydroxyl groups excluding tert-OH is 1. The fourth-order valence-electron chi connectivity index (χ4n) is 5.69. The van der Waals surface area contributed by atoms with Crippen LogP contribution in [0.15, 0.2) is 0 Å². The fraction of sp³-hybridized carbons (Fsp3) is 0.974. The first-order chi connectivity index (χ1) is 20.6. The SMILES string of the molecule is CCCCCCCCCCCCCCCCCC(=O)O.CCCCCCCCCCCCCCCCCCC(O)CN. The van der Waals surface area contributed by atoms with E-state index >= 15 is 0 Å². The van der Waals surface area contributed by atoms with E-state index in [1.54, 1.807) is 0 Å². The summed E-state index contributed by atoms with van der Waals surface area (Å²) in [7, 11) is 0. The molecular formula is C38H79NO3. The third-order valence-electron chi connectivity index (χ3n) is 8.66. The largest absolute Gasteiger partial charge is 0.481 e. The van der Waals surface area contributed by atoms with Crippen LogP contribution in [0, 0.1) is 0 Å². The second-order valence-electron chi connectivity index (χ2n) is 13.1. The average molecular weight is 598 g/mol. The van der Waals surface area contributed by atoms with Crippen molar-refractivity contribution in [2.75, 3.05) is 6.54 Å². The molecule has 4 heteroatoms. The van der Waals surface area contributed by atoms with Crippen molar-refractivity contribution in [2.24, 2.45) is 5.73 Å². The zero-order valence-electron chi connectivity index (χ0n) is 29.0. The summed E-state index contributed by atoms with van der Waals surface area (Å²) >= 11 is 0. The molecule has 0 heterocycles. The van der Waals surface area contributed by atoms with E-state index in [1.165, 1.54) is 180 Å². The summed E-state index contributed by atoms with van der Waals surface area (Å²) in [5, 5.41) is 17.9. The Balaban J connectivity index is 0. The predicted octanol–water partition coefficient (Wildman–Crippen LogP) is 12.3. The Kier molecular flexibility index (Phi) is 41.9. The second-order valence-corrected chi connectivity index (χ2v) is 13.1. The van der Waals surface area contributed by atoms with Gasteiger partial charge in [-0.25, -0.2) is 0 Å². The third kappa shape index (κ3) is 43.8.